The number of esters is 1. The number of ether oxygens (including phenoxy) is 1. The lowest BCUT2D eigenvalue weighted by molar-refractivity contribution is 0.0559. The number of furan rings is 1. The van der Waals surface area contributed by atoms with Crippen LogP contribution in [0, 0.1) is 0 Å². The molecule has 1 aliphatic heterocycles. The summed E-state index contributed by atoms with van der Waals surface area (Å²) in [5.74, 6) is 0.642. The van der Waals surface area contributed by atoms with E-state index in [-0.39, 0.29) is 18.2 Å². The Bertz CT molecular complexity index is 412. The average Bonchev–Trinajstić information content (AvgIpc) is 2.75. The van der Waals surface area contributed by atoms with Crippen LogP contribution >= 0.6 is 12.4 Å². The molecule has 0 radical (unpaired) electrons. The molecule has 0 saturated carbocycles. The fourth-order valence-electron chi connectivity index (χ4n) is 2.46. The number of methoxy groups -OCH3 is 1. The van der Waals surface area contributed by atoms with Gasteiger partial charge in [0, 0.05) is 25.2 Å². The maximum absolute atomic E-state index is 11.3. The Labute approximate surface area is 119 Å². The van der Waals surface area contributed by atoms with Gasteiger partial charge in [0.2, 0.25) is 5.76 Å². The number of hydrogen-bond acceptors (Lipinski definition) is 5. The summed E-state index contributed by atoms with van der Waals surface area (Å²) in [6.45, 7) is 7.04. The number of halogens is 1. The molecule has 0 aromatic carbocycles. The Kier molecular flexibility index (Phi) is 5.85. The van der Waals surface area contributed by atoms with Gasteiger partial charge in [0.15, 0.2) is 0 Å². The molecule has 0 bridgehead atoms. The molecule has 2 atom stereocenters. The number of nitrogens with zero attached hydrogens (tertiary/aromatic N) is 1. The van der Waals surface area contributed by atoms with Gasteiger partial charge in [0.25, 0.3) is 0 Å². The number of rotatable bonds is 3. The van der Waals surface area contributed by atoms with E-state index in [9.17, 15) is 4.79 Å². The maximum Gasteiger partial charge on any atom is 0.373 e. The highest BCUT2D eigenvalue weighted by Gasteiger charge is 2.22. The second kappa shape index (κ2) is 6.93. The van der Waals surface area contributed by atoms with Crippen LogP contribution in [0.3, 0.4) is 0 Å². The third-order valence-corrected chi connectivity index (χ3v) is 3.06. The highest BCUT2D eigenvalue weighted by atomic mass is 35.5. The van der Waals surface area contributed by atoms with Crippen molar-refractivity contribution in [1.82, 2.24) is 10.2 Å². The lowest BCUT2D eigenvalue weighted by Crippen LogP contribution is -2.53. The zero-order valence-electron chi connectivity index (χ0n) is 11.5. The Morgan fingerprint density at radius 3 is 2.63 bits per heavy atom. The minimum Gasteiger partial charge on any atom is -0.463 e. The minimum absolute atomic E-state index is 0. The molecule has 2 rings (SSSR count). The first-order chi connectivity index (χ1) is 8.58. The molecule has 1 fully saturated rings. The second-order valence-electron chi connectivity index (χ2n) is 4.92. The third-order valence-electron chi connectivity index (χ3n) is 3.06. The van der Waals surface area contributed by atoms with Crippen LogP contribution in [-0.4, -0.2) is 43.2 Å². The van der Waals surface area contributed by atoms with Crippen molar-refractivity contribution in [3.63, 3.8) is 0 Å². The van der Waals surface area contributed by atoms with Crippen molar-refractivity contribution in [3.8, 4) is 0 Å². The Balaban J connectivity index is 0.00000180. The highest BCUT2D eigenvalue weighted by Crippen LogP contribution is 2.14. The number of nitrogens with one attached hydrogen (secondary N) is 1. The summed E-state index contributed by atoms with van der Waals surface area (Å²) in [6, 6.07) is 4.45. The van der Waals surface area contributed by atoms with E-state index in [4.69, 9.17) is 4.42 Å². The van der Waals surface area contributed by atoms with Crippen molar-refractivity contribution in [2.24, 2.45) is 0 Å². The van der Waals surface area contributed by atoms with Gasteiger partial charge in [-0.1, -0.05) is 0 Å². The summed E-state index contributed by atoms with van der Waals surface area (Å²) in [6.07, 6.45) is 0. The third kappa shape index (κ3) is 4.23. The van der Waals surface area contributed by atoms with Crippen molar-refractivity contribution in [3.05, 3.63) is 23.7 Å². The van der Waals surface area contributed by atoms with Crippen LogP contribution in [0.15, 0.2) is 16.5 Å². The van der Waals surface area contributed by atoms with E-state index in [1.54, 1.807) is 6.07 Å². The largest absolute Gasteiger partial charge is 0.463 e. The van der Waals surface area contributed by atoms with E-state index in [1.807, 2.05) is 6.07 Å². The van der Waals surface area contributed by atoms with Crippen LogP contribution in [-0.2, 0) is 11.3 Å². The molecular weight excluding hydrogens is 268 g/mol. The molecule has 1 saturated heterocycles. The van der Waals surface area contributed by atoms with Crippen LogP contribution < -0.4 is 5.32 Å². The molecule has 5 nitrogen and oxygen atoms in total. The average molecular weight is 289 g/mol. The molecule has 0 aliphatic carbocycles. The molecule has 6 heteroatoms. The summed E-state index contributed by atoms with van der Waals surface area (Å²) < 4.78 is 10.1. The summed E-state index contributed by atoms with van der Waals surface area (Å²) in [5.41, 5.74) is 0. The molecule has 19 heavy (non-hydrogen) atoms. The van der Waals surface area contributed by atoms with Crippen LogP contribution in [0.5, 0.6) is 0 Å². The standard InChI is InChI=1S/C13H20N2O3.ClH/c1-9-6-15(7-10(2)14-9)8-11-4-5-12(18-11)13(16)17-3;/h4-5,9-10,14H,6-8H2,1-3H3;1H. The Morgan fingerprint density at radius 1 is 1.42 bits per heavy atom. The van der Waals surface area contributed by atoms with E-state index in [0.29, 0.717) is 12.1 Å². The van der Waals surface area contributed by atoms with Crippen molar-refractivity contribution in [1.29, 1.82) is 0 Å². The number of hydrogen-bond donors (Lipinski definition) is 1. The predicted molar refractivity (Wildman–Crippen MR) is 74.6 cm³/mol. The maximum atomic E-state index is 11.3. The van der Waals surface area contributed by atoms with Gasteiger partial charge in [-0.3, -0.25) is 4.90 Å². The fraction of sp³-hybridized carbons (Fsp3) is 0.615. The monoisotopic (exact) mass is 288 g/mol. The Morgan fingerprint density at radius 2 is 2.05 bits per heavy atom. The normalized spacial score (nSPS) is 23.7. The zero-order chi connectivity index (χ0) is 13.1. The van der Waals surface area contributed by atoms with Gasteiger partial charge >= 0.3 is 5.97 Å². The van der Waals surface area contributed by atoms with Crippen molar-refractivity contribution in [2.75, 3.05) is 20.2 Å². The SMILES string of the molecule is COC(=O)c1ccc(CN2CC(C)NC(C)C2)o1.Cl. The van der Waals surface area contributed by atoms with Crippen LogP contribution in [0.1, 0.15) is 30.2 Å². The first kappa shape index (κ1) is 16.0. The quantitative estimate of drug-likeness (QED) is 0.858. The van der Waals surface area contributed by atoms with E-state index in [1.165, 1.54) is 7.11 Å². The molecule has 2 unspecified atom stereocenters. The summed E-state index contributed by atoms with van der Waals surface area (Å²) >= 11 is 0. The number of piperazine rings is 1. The van der Waals surface area contributed by atoms with Gasteiger partial charge in [-0.25, -0.2) is 4.79 Å². The van der Waals surface area contributed by atoms with Gasteiger partial charge in [-0.2, -0.15) is 0 Å². The van der Waals surface area contributed by atoms with Gasteiger partial charge in [0.1, 0.15) is 5.76 Å². The van der Waals surface area contributed by atoms with Crippen molar-refractivity contribution < 1.29 is 13.9 Å². The molecule has 1 N–H and O–H groups in total. The fourth-order valence-corrected chi connectivity index (χ4v) is 2.46. The van der Waals surface area contributed by atoms with Crippen molar-refractivity contribution >= 4 is 18.4 Å². The number of carbonyl (C=O) groups is 1. The zero-order valence-corrected chi connectivity index (χ0v) is 12.3. The van der Waals surface area contributed by atoms with E-state index >= 15 is 0 Å². The van der Waals surface area contributed by atoms with Gasteiger partial charge in [0.05, 0.1) is 13.7 Å². The lowest BCUT2D eigenvalue weighted by Gasteiger charge is -2.35. The first-order valence-corrected chi connectivity index (χ1v) is 6.24. The van der Waals surface area contributed by atoms with E-state index < -0.39 is 5.97 Å². The molecular formula is C13H21ClN2O3. The van der Waals surface area contributed by atoms with Gasteiger partial charge < -0.3 is 14.5 Å². The molecule has 2 heterocycles. The van der Waals surface area contributed by atoms with E-state index in [0.717, 1.165) is 25.4 Å². The van der Waals surface area contributed by atoms with E-state index in [2.05, 4.69) is 28.8 Å². The first-order valence-electron chi connectivity index (χ1n) is 6.24. The second-order valence-corrected chi connectivity index (χ2v) is 4.92. The number of carbonyl (C=O) groups excluding carboxylic acids is 1. The van der Waals surface area contributed by atoms with Crippen LogP contribution in [0.2, 0.25) is 0 Å². The molecule has 108 valence electrons. The Hall–Kier alpha value is -1.04. The van der Waals surface area contributed by atoms with Crippen LogP contribution in [0.4, 0.5) is 0 Å². The van der Waals surface area contributed by atoms with Gasteiger partial charge in [-0.05, 0) is 26.0 Å². The molecule has 0 amide bonds. The molecule has 0 spiro atoms. The smallest absolute Gasteiger partial charge is 0.373 e. The van der Waals surface area contributed by atoms with Crippen molar-refractivity contribution in [2.45, 2.75) is 32.5 Å². The van der Waals surface area contributed by atoms with Crippen LogP contribution in [0.25, 0.3) is 0 Å². The van der Waals surface area contributed by atoms with Gasteiger partial charge in [-0.15, -0.1) is 12.4 Å². The molecule has 1 aliphatic rings. The topological polar surface area (TPSA) is 54.7 Å². The molecule has 1 aromatic rings. The summed E-state index contributed by atoms with van der Waals surface area (Å²) in [7, 11) is 1.35. The summed E-state index contributed by atoms with van der Waals surface area (Å²) in [4.78, 5) is 13.6. The lowest BCUT2D eigenvalue weighted by atomic mass is 10.1. The highest BCUT2D eigenvalue weighted by molar-refractivity contribution is 5.86. The predicted octanol–water partition coefficient (Wildman–Crippen LogP) is 1.67. The molecule has 1 aromatic heterocycles. The minimum atomic E-state index is -0.428. The summed E-state index contributed by atoms with van der Waals surface area (Å²) in [5, 5.41) is 3.48.